The monoisotopic (exact) mass is 154 g/mol. The fourth-order valence-electron chi connectivity index (χ4n) is 1.89. The Hall–Kier alpha value is -0.900. The van der Waals surface area contributed by atoms with Gasteiger partial charge in [-0.05, 0) is 0 Å². The molecule has 2 heterocycles. The van der Waals surface area contributed by atoms with Gasteiger partial charge in [-0.1, -0.05) is 0 Å². The highest BCUT2D eigenvalue weighted by Crippen LogP contribution is 2.38. The molecule has 2 aliphatic rings. The maximum absolute atomic E-state index is 10.5. The molecule has 1 atom stereocenters. The first-order chi connectivity index (χ1) is 5.32. The van der Waals surface area contributed by atoms with E-state index in [2.05, 4.69) is 5.32 Å². The zero-order valence-electron chi connectivity index (χ0n) is 6.12. The van der Waals surface area contributed by atoms with Gasteiger partial charge >= 0.3 is 0 Å². The first-order valence-electron chi connectivity index (χ1n) is 3.69. The van der Waals surface area contributed by atoms with Gasteiger partial charge in [-0.3, -0.25) is 4.79 Å². The van der Waals surface area contributed by atoms with Crippen LogP contribution in [0.25, 0.3) is 0 Å². The molecule has 0 radical (unpaired) electrons. The number of carbonyl (C=O) groups excluding carboxylic acids is 2. The van der Waals surface area contributed by atoms with Crippen LogP contribution >= 0.6 is 0 Å². The van der Waals surface area contributed by atoms with Gasteiger partial charge in [0.25, 0.3) is 0 Å². The van der Waals surface area contributed by atoms with Gasteiger partial charge in [0.15, 0.2) is 0 Å². The normalized spacial score (nSPS) is 32.4. The van der Waals surface area contributed by atoms with Gasteiger partial charge in [-0.25, -0.2) is 0 Å². The fourth-order valence-corrected chi connectivity index (χ4v) is 1.89. The fraction of sp³-hybridized carbons (Fsp3) is 0.714. The number of rotatable bonds is 2. The smallest absolute Gasteiger partial charge is 0.210 e. The molecular weight excluding hydrogens is 144 g/mol. The third kappa shape index (κ3) is 0.673. The highest BCUT2D eigenvalue weighted by molar-refractivity contribution is 5.69. The van der Waals surface area contributed by atoms with Gasteiger partial charge in [0.2, 0.25) is 6.41 Å². The Morgan fingerprint density at radius 2 is 2.18 bits per heavy atom. The van der Waals surface area contributed by atoms with Crippen molar-refractivity contribution in [2.75, 3.05) is 19.6 Å². The van der Waals surface area contributed by atoms with Gasteiger partial charge in [-0.15, -0.1) is 0 Å². The molecule has 1 N–H and O–H groups in total. The van der Waals surface area contributed by atoms with E-state index in [1.807, 2.05) is 0 Å². The quantitative estimate of drug-likeness (QED) is 0.498. The van der Waals surface area contributed by atoms with Crippen LogP contribution in [0.2, 0.25) is 0 Å². The van der Waals surface area contributed by atoms with E-state index >= 15 is 0 Å². The molecule has 1 unspecified atom stereocenters. The van der Waals surface area contributed by atoms with Crippen molar-refractivity contribution < 1.29 is 9.59 Å². The van der Waals surface area contributed by atoms with E-state index in [0.29, 0.717) is 0 Å². The van der Waals surface area contributed by atoms with E-state index in [0.717, 1.165) is 32.3 Å². The summed E-state index contributed by atoms with van der Waals surface area (Å²) >= 11 is 0. The summed E-state index contributed by atoms with van der Waals surface area (Å²) in [6, 6.07) is -0.166. The predicted molar refractivity (Wildman–Crippen MR) is 37.9 cm³/mol. The summed E-state index contributed by atoms with van der Waals surface area (Å²) in [5.74, 6) is 0. The van der Waals surface area contributed by atoms with Crippen molar-refractivity contribution in [2.24, 2.45) is 5.41 Å². The summed E-state index contributed by atoms with van der Waals surface area (Å²) in [4.78, 5) is 22.4. The lowest BCUT2D eigenvalue weighted by molar-refractivity contribution is -0.154. The van der Waals surface area contributed by atoms with Gasteiger partial charge < -0.3 is 15.0 Å². The molecule has 0 aromatic heterocycles. The Bertz CT molecular complexity index is 201. The number of hydrogen-bond acceptors (Lipinski definition) is 3. The molecule has 0 aliphatic carbocycles. The second kappa shape index (κ2) is 2.04. The molecular formula is C7H10N2O2. The van der Waals surface area contributed by atoms with Crippen molar-refractivity contribution in [3.63, 3.8) is 0 Å². The predicted octanol–water partition coefficient (Wildman–Crippen LogP) is -1.38. The molecule has 0 saturated carbocycles. The van der Waals surface area contributed by atoms with Crippen molar-refractivity contribution >= 4 is 12.7 Å². The zero-order valence-corrected chi connectivity index (χ0v) is 6.12. The average molecular weight is 154 g/mol. The number of carbonyl (C=O) groups is 2. The minimum Gasteiger partial charge on any atom is -0.334 e. The highest BCUT2D eigenvalue weighted by atomic mass is 16.1. The van der Waals surface area contributed by atoms with Gasteiger partial charge in [0.1, 0.15) is 6.29 Å². The summed E-state index contributed by atoms with van der Waals surface area (Å²) in [5.41, 5.74) is 0.0999. The van der Waals surface area contributed by atoms with Crippen LogP contribution < -0.4 is 5.32 Å². The second-order valence-electron chi connectivity index (χ2n) is 3.32. The minimum atomic E-state index is -0.166. The van der Waals surface area contributed by atoms with E-state index in [1.54, 1.807) is 4.90 Å². The van der Waals surface area contributed by atoms with Gasteiger partial charge in [0.05, 0.1) is 6.04 Å². The Morgan fingerprint density at radius 1 is 1.45 bits per heavy atom. The van der Waals surface area contributed by atoms with Crippen molar-refractivity contribution in [2.45, 2.75) is 6.04 Å². The van der Waals surface area contributed by atoms with Gasteiger partial charge in [0, 0.05) is 25.0 Å². The van der Waals surface area contributed by atoms with Crippen LogP contribution in [0.4, 0.5) is 0 Å². The average Bonchev–Trinajstić information content (AvgIpc) is 1.84. The van der Waals surface area contributed by atoms with Crippen LogP contribution in [0, 0.1) is 5.41 Å². The SMILES string of the molecule is O=CC1N(C=O)CC12CNC2. The van der Waals surface area contributed by atoms with Crippen molar-refractivity contribution in [3.8, 4) is 0 Å². The summed E-state index contributed by atoms with van der Waals surface area (Å²) in [7, 11) is 0. The Labute approximate surface area is 64.5 Å². The van der Waals surface area contributed by atoms with E-state index < -0.39 is 0 Å². The maximum Gasteiger partial charge on any atom is 0.210 e. The molecule has 1 spiro atoms. The minimum absolute atomic E-state index is 0.0999. The summed E-state index contributed by atoms with van der Waals surface area (Å²) < 4.78 is 0. The molecule has 2 rings (SSSR count). The standard InChI is InChI=1S/C7H10N2O2/c10-1-6-7(2-8-3-7)4-9(6)5-11/h1,5-6,8H,2-4H2. The lowest BCUT2D eigenvalue weighted by Crippen LogP contribution is -2.76. The van der Waals surface area contributed by atoms with Crippen LogP contribution in [0.5, 0.6) is 0 Å². The number of amides is 1. The largest absolute Gasteiger partial charge is 0.334 e. The molecule has 2 fully saturated rings. The molecule has 0 bridgehead atoms. The van der Waals surface area contributed by atoms with Gasteiger partial charge in [-0.2, -0.15) is 0 Å². The van der Waals surface area contributed by atoms with Crippen LogP contribution in [-0.4, -0.2) is 43.3 Å². The maximum atomic E-state index is 10.5. The molecule has 1 amide bonds. The number of hydrogen-bond donors (Lipinski definition) is 1. The third-order valence-corrected chi connectivity index (χ3v) is 2.70. The Kier molecular flexibility index (Phi) is 1.26. The lowest BCUT2D eigenvalue weighted by Gasteiger charge is -2.59. The molecule has 0 aromatic carbocycles. The Morgan fingerprint density at radius 3 is 2.55 bits per heavy atom. The Balaban J connectivity index is 2.07. The van der Waals surface area contributed by atoms with Crippen molar-refractivity contribution in [1.29, 1.82) is 0 Å². The number of likely N-dealkylation sites (tertiary alicyclic amines) is 1. The molecule has 0 aromatic rings. The number of nitrogens with zero attached hydrogens (tertiary/aromatic N) is 1. The number of nitrogens with one attached hydrogen (secondary N) is 1. The molecule has 11 heavy (non-hydrogen) atoms. The van der Waals surface area contributed by atoms with E-state index in [4.69, 9.17) is 0 Å². The lowest BCUT2D eigenvalue weighted by atomic mass is 9.68. The molecule has 60 valence electrons. The summed E-state index contributed by atoms with van der Waals surface area (Å²) in [6.07, 6.45) is 1.63. The van der Waals surface area contributed by atoms with E-state index in [-0.39, 0.29) is 11.5 Å². The topological polar surface area (TPSA) is 49.4 Å². The van der Waals surface area contributed by atoms with Crippen LogP contribution in [-0.2, 0) is 9.59 Å². The molecule has 2 aliphatic heterocycles. The zero-order chi connectivity index (χ0) is 7.90. The van der Waals surface area contributed by atoms with Crippen LogP contribution in [0.1, 0.15) is 0 Å². The second-order valence-corrected chi connectivity index (χ2v) is 3.32. The van der Waals surface area contributed by atoms with Crippen molar-refractivity contribution in [1.82, 2.24) is 10.2 Å². The van der Waals surface area contributed by atoms with Crippen LogP contribution in [0.3, 0.4) is 0 Å². The van der Waals surface area contributed by atoms with E-state index in [1.165, 1.54) is 0 Å². The number of aldehydes is 1. The molecule has 4 heteroatoms. The first-order valence-corrected chi connectivity index (χ1v) is 3.69. The molecule has 2 saturated heterocycles. The third-order valence-electron chi connectivity index (χ3n) is 2.70. The summed E-state index contributed by atoms with van der Waals surface area (Å²) in [5, 5.41) is 3.11. The first kappa shape index (κ1) is 6.79. The van der Waals surface area contributed by atoms with Crippen molar-refractivity contribution in [3.05, 3.63) is 0 Å². The van der Waals surface area contributed by atoms with E-state index in [9.17, 15) is 9.59 Å². The highest BCUT2D eigenvalue weighted by Gasteiger charge is 2.55. The summed E-state index contributed by atoms with van der Waals surface area (Å²) in [6.45, 7) is 2.49. The molecule has 4 nitrogen and oxygen atoms in total. The van der Waals surface area contributed by atoms with Crippen LogP contribution in [0.15, 0.2) is 0 Å².